The molecule has 0 aromatic heterocycles. The second-order valence-electron chi connectivity index (χ2n) is 8.59. The lowest BCUT2D eigenvalue weighted by molar-refractivity contribution is -0.364. The van der Waals surface area contributed by atoms with Gasteiger partial charge in [0, 0.05) is 7.11 Å². The van der Waals surface area contributed by atoms with Gasteiger partial charge in [-0.25, -0.2) is 0 Å². The Morgan fingerprint density at radius 2 is 1.03 bits per heavy atom. The van der Waals surface area contributed by atoms with Crippen LogP contribution in [-0.4, -0.2) is 170 Å². The van der Waals surface area contributed by atoms with E-state index in [9.17, 15) is 51.1 Å². The molecule has 3 aliphatic rings. The van der Waals surface area contributed by atoms with Crippen LogP contribution in [0.2, 0.25) is 0 Å². The summed E-state index contributed by atoms with van der Waals surface area (Å²) >= 11 is 0. The van der Waals surface area contributed by atoms with Crippen molar-refractivity contribution in [1.29, 1.82) is 0 Å². The van der Waals surface area contributed by atoms with Gasteiger partial charge in [0.25, 0.3) is 0 Å². The second-order valence-corrected chi connectivity index (χ2v) is 8.59. The minimum Gasteiger partial charge on any atom is -0.394 e. The Labute approximate surface area is 199 Å². The minimum atomic E-state index is -1.81. The molecule has 3 heterocycles. The van der Waals surface area contributed by atoms with E-state index in [2.05, 4.69) is 0 Å². The van der Waals surface area contributed by atoms with Crippen LogP contribution in [0.1, 0.15) is 0 Å². The minimum absolute atomic E-state index is 0.523. The van der Waals surface area contributed by atoms with E-state index in [-0.39, 0.29) is 0 Å². The zero-order valence-electron chi connectivity index (χ0n) is 18.7. The molecule has 15 atom stereocenters. The molecule has 0 amide bonds. The molecule has 3 aliphatic heterocycles. The second kappa shape index (κ2) is 12.3. The van der Waals surface area contributed by atoms with E-state index in [1.807, 2.05) is 0 Å². The van der Waals surface area contributed by atoms with Gasteiger partial charge >= 0.3 is 0 Å². The summed E-state index contributed by atoms with van der Waals surface area (Å²) < 4.78 is 31.9. The third-order valence-electron chi connectivity index (χ3n) is 6.29. The van der Waals surface area contributed by atoms with Gasteiger partial charge in [0.05, 0.1) is 19.8 Å². The molecule has 16 heteroatoms. The van der Waals surface area contributed by atoms with Crippen LogP contribution >= 0.6 is 0 Å². The highest BCUT2D eigenvalue weighted by atomic mass is 16.7. The third-order valence-corrected chi connectivity index (χ3v) is 6.29. The summed E-state index contributed by atoms with van der Waals surface area (Å²) in [7, 11) is 1.19. The zero-order valence-corrected chi connectivity index (χ0v) is 18.7. The molecule has 0 bridgehead atoms. The van der Waals surface area contributed by atoms with Gasteiger partial charge in [0.2, 0.25) is 0 Å². The van der Waals surface area contributed by atoms with Crippen molar-refractivity contribution in [3.05, 3.63) is 0 Å². The average molecular weight is 518 g/mol. The van der Waals surface area contributed by atoms with Crippen molar-refractivity contribution < 1.29 is 79.5 Å². The largest absolute Gasteiger partial charge is 0.394 e. The fraction of sp³-hybridized carbons (Fsp3) is 1.00. The molecule has 0 radical (unpaired) electrons. The number of hydrogen-bond acceptors (Lipinski definition) is 16. The Kier molecular flexibility index (Phi) is 10.1. The van der Waals surface area contributed by atoms with Crippen LogP contribution in [0.3, 0.4) is 0 Å². The first kappa shape index (κ1) is 28.9. The van der Waals surface area contributed by atoms with E-state index >= 15 is 0 Å². The van der Waals surface area contributed by atoms with E-state index in [0.29, 0.717) is 0 Å². The molecule has 16 nitrogen and oxygen atoms in total. The van der Waals surface area contributed by atoms with E-state index in [4.69, 9.17) is 28.4 Å². The summed E-state index contributed by atoms with van der Waals surface area (Å²) in [5, 5.41) is 99.9. The Balaban J connectivity index is 1.69. The Bertz CT molecular complexity index is 652. The summed E-state index contributed by atoms with van der Waals surface area (Å²) in [5.74, 6) is 0. The first-order chi connectivity index (χ1) is 16.5. The van der Waals surface area contributed by atoms with Gasteiger partial charge in [-0.3, -0.25) is 0 Å². The number of rotatable bonds is 8. The van der Waals surface area contributed by atoms with Gasteiger partial charge in [-0.1, -0.05) is 0 Å². The molecule has 206 valence electrons. The third kappa shape index (κ3) is 5.93. The fourth-order valence-corrected chi connectivity index (χ4v) is 4.13. The average Bonchev–Trinajstić information content (AvgIpc) is 2.85. The SMILES string of the molecule is CO[C@@H]1O[C@H](CO[C@H]2O[C@H](CO)[C@@H](O)[C@H](O)[C@@H]2O)[C@@H](O)[C@H](O[C@H]2O[C@H](CO)[C@@H](O)[C@H](O)[C@@H]2O)[C@@H]1O. The van der Waals surface area contributed by atoms with E-state index < -0.39 is 112 Å². The van der Waals surface area contributed by atoms with Crippen molar-refractivity contribution in [1.82, 2.24) is 0 Å². The van der Waals surface area contributed by atoms with Crippen molar-refractivity contribution >= 4 is 0 Å². The van der Waals surface area contributed by atoms with Crippen LogP contribution < -0.4 is 0 Å². The molecule has 0 saturated carbocycles. The molecule has 10 N–H and O–H groups in total. The van der Waals surface area contributed by atoms with E-state index in [0.717, 1.165) is 0 Å². The molecule has 3 saturated heterocycles. The fourth-order valence-electron chi connectivity index (χ4n) is 4.13. The molecule has 3 fully saturated rings. The standard InChI is InChI=1S/C19H34O16/c1-30-17-15(29)16(35-19-14(28)12(26)9(23)6(3-21)33-19)10(24)7(34-17)4-31-18-13(27)11(25)8(22)5(2-20)32-18/h5-29H,2-4H2,1H3/t5-,6-,7-,8-,9-,10-,11+,12+,13+,14+,15+,16+,17-,18+,19-/m1/s1. The van der Waals surface area contributed by atoms with Crippen LogP contribution in [0, 0.1) is 0 Å². The summed E-state index contributed by atoms with van der Waals surface area (Å²) in [4.78, 5) is 0. The maximum atomic E-state index is 10.8. The maximum absolute atomic E-state index is 10.8. The van der Waals surface area contributed by atoms with Gasteiger partial charge in [-0.15, -0.1) is 0 Å². The highest BCUT2D eigenvalue weighted by Gasteiger charge is 2.51. The van der Waals surface area contributed by atoms with Gasteiger partial charge in [0.1, 0.15) is 73.2 Å². The predicted octanol–water partition coefficient (Wildman–Crippen LogP) is -6.92. The van der Waals surface area contributed by atoms with Crippen LogP contribution in [0.25, 0.3) is 0 Å². The van der Waals surface area contributed by atoms with Gasteiger partial charge in [-0.2, -0.15) is 0 Å². The number of methoxy groups -OCH3 is 1. The summed E-state index contributed by atoms with van der Waals surface area (Å²) in [6.07, 6.45) is -23.5. The molecule has 3 rings (SSSR count). The first-order valence-corrected chi connectivity index (χ1v) is 11.0. The van der Waals surface area contributed by atoms with Crippen molar-refractivity contribution in [3.63, 3.8) is 0 Å². The van der Waals surface area contributed by atoms with Crippen molar-refractivity contribution in [2.45, 2.75) is 92.1 Å². The van der Waals surface area contributed by atoms with Gasteiger partial charge < -0.3 is 79.5 Å². The topological polar surface area (TPSA) is 258 Å². The molecule has 0 aromatic rings. The molecule has 35 heavy (non-hydrogen) atoms. The van der Waals surface area contributed by atoms with Crippen molar-refractivity contribution in [2.75, 3.05) is 26.9 Å². The lowest BCUT2D eigenvalue weighted by Crippen LogP contribution is -2.65. The Morgan fingerprint density at radius 3 is 1.54 bits per heavy atom. The molecule has 0 spiro atoms. The molecular formula is C19H34O16. The number of ether oxygens (including phenoxy) is 6. The zero-order chi connectivity index (χ0) is 26.0. The predicted molar refractivity (Wildman–Crippen MR) is 106 cm³/mol. The van der Waals surface area contributed by atoms with E-state index in [1.165, 1.54) is 7.11 Å². The van der Waals surface area contributed by atoms with E-state index in [1.54, 1.807) is 0 Å². The van der Waals surface area contributed by atoms with Crippen molar-refractivity contribution in [2.24, 2.45) is 0 Å². The number of hydrogen-bond donors (Lipinski definition) is 10. The normalized spacial score (nSPS) is 51.3. The van der Waals surface area contributed by atoms with Crippen molar-refractivity contribution in [3.8, 4) is 0 Å². The smallest absolute Gasteiger partial charge is 0.187 e. The molecule has 0 aromatic carbocycles. The molecule has 0 aliphatic carbocycles. The summed E-state index contributed by atoms with van der Waals surface area (Å²) in [6, 6.07) is 0. The van der Waals surface area contributed by atoms with Crippen LogP contribution in [0.5, 0.6) is 0 Å². The van der Waals surface area contributed by atoms with Crippen LogP contribution in [-0.2, 0) is 28.4 Å². The Morgan fingerprint density at radius 1 is 0.543 bits per heavy atom. The van der Waals surface area contributed by atoms with Crippen LogP contribution in [0.4, 0.5) is 0 Å². The lowest BCUT2D eigenvalue weighted by Gasteiger charge is -2.46. The highest BCUT2D eigenvalue weighted by molar-refractivity contribution is 4.95. The number of aliphatic hydroxyl groups excluding tert-OH is 10. The summed E-state index contributed by atoms with van der Waals surface area (Å²) in [6.45, 7) is -1.93. The quantitative estimate of drug-likeness (QED) is 0.143. The van der Waals surface area contributed by atoms with Crippen LogP contribution in [0.15, 0.2) is 0 Å². The van der Waals surface area contributed by atoms with Gasteiger partial charge in [-0.05, 0) is 0 Å². The Hall–Kier alpha value is -0.640. The highest BCUT2D eigenvalue weighted by Crippen LogP contribution is 2.30. The maximum Gasteiger partial charge on any atom is 0.187 e. The molecular weight excluding hydrogens is 484 g/mol. The first-order valence-electron chi connectivity index (χ1n) is 11.0. The summed E-state index contributed by atoms with van der Waals surface area (Å²) in [5.41, 5.74) is 0. The number of aliphatic hydroxyl groups is 10. The monoisotopic (exact) mass is 518 g/mol. The lowest BCUT2D eigenvalue weighted by atomic mass is 9.97. The van der Waals surface area contributed by atoms with Gasteiger partial charge in [0.15, 0.2) is 18.9 Å². The molecule has 0 unspecified atom stereocenters.